The zero-order valence-electron chi connectivity index (χ0n) is 14.6. The number of benzene rings is 2. The van der Waals surface area contributed by atoms with Gasteiger partial charge in [-0.25, -0.2) is 4.79 Å². The van der Waals surface area contributed by atoms with E-state index in [2.05, 4.69) is 0 Å². The average Bonchev–Trinajstić information content (AvgIpc) is 2.68. The summed E-state index contributed by atoms with van der Waals surface area (Å²) < 4.78 is 17.2. The minimum atomic E-state index is -0.520. The number of non-ortho nitro benzene ring substituents is 1. The number of fused-ring (bicyclic) bond motifs is 3. The lowest BCUT2D eigenvalue weighted by atomic mass is 9.86. The number of nitro benzene ring substituents is 1. The molecule has 7 heteroatoms. The fraction of sp³-hybridized carbons (Fsp3) is 0.250. The van der Waals surface area contributed by atoms with Crippen LogP contribution in [0.15, 0.2) is 57.7 Å². The SMILES string of the molecule is CCO[C@H]1C[C@H](c2ccc([N+](=O)[O-])cc2)c2c(c3ccccc3oc2=O)O1. The molecule has 0 amide bonds. The summed E-state index contributed by atoms with van der Waals surface area (Å²) in [6.45, 7) is 2.34. The highest BCUT2D eigenvalue weighted by Crippen LogP contribution is 2.42. The molecule has 7 nitrogen and oxygen atoms in total. The Bertz CT molecular complexity index is 1060. The van der Waals surface area contributed by atoms with Gasteiger partial charge in [-0.3, -0.25) is 10.1 Å². The van der Waals surface area contributed by atoms with E-state index in [1.54, 1.807) is 24.3 Å². The minimum Gasteiger partial charge on any atom is -0.464 e. The molecule has 0 unspecified atom stereocenters. The number of para-hydroxylation sites is 1. The van der Waals surface area contributed by atoms with Gasteiger partial charge in [-0.15, -0.1) is 0 Å². The van der Waals surface area contributed by atoms with Crippen LogP contribution >= 0.6 is 0 Å². The molecule has 2 atom stereocenters. The molecule has 138 valence electrons. The molecule has 1 aliphatic rings. The van der Waals surface area contributed by atoms with Gasteiger partial charge in [0, 0.05) is 31.1 Å². The van der Waals surface area contributed by atoms with Gasteiger partial charge in [-0.2, -0.15) is 0 Å². The monoisotopic (exact) mass is 367 g/mol. The Morgan fingerprint density at radius 3 is 2.63 bits per heavy atom. The number of ether oxygens (including phenoxy) is 2. The van der Waals surface area contributed by atoms with Crippen molar-refractivity contribution in [1.29, 1.82) is 0 Å². The van der Waals surface area contributed by atoms with Gasteiger partial charge in [0.2, 0.25) is 6.29 Å². The van der Waals surface area contributed by atoms with E-state index < -0.39 is 16.8 Å². The van der Waals surface area contributed by atoms with Crippen LogP contribution in [0.4, 0.5) is 5.69 Å². The maximum Gasteiger partial charge on any atom is 0.343 e. The standard InChI is InChI=1S/C20H17NO6/c1-2-25-17-11-15(12-7-9-13(10-8-12)21(23)24)18-19(27-17)14-5-3-4-6-16(14)26-20(18)22/h3-10,15,17H,2,11H2,1H3/t15-,17-/m1/s1. The van der Waals surface area contributed by atoms with Crippen LogP contribution in [0.2, 0.25) is 0 Å². The van der Waals surface area contributed by atoms with Gasteiger partial charge in [0.1, 0.15) is 11.3 Å². The summed E-state index contributed by atoms with van der Waals surface area (Å²) in [7, 11) is 0. The predicted octanol–water partition coefficient (Wildman–Crippen LogP) is 3.98. The molecular formula is C20H17NO6. The second-order valence-corrected chi connectivity index (χ2v) is 6.27. The van der Waals surface area contributed by atoms with Crippen molar-refractivity contribution in [1.82, 2.24) is 0 Å². The fourth-order valence-electron chi connectivity index (χ4n) is 3.47. The number of nitrogens with zero attached hydrogens (tertiary/aromatic N) is 1. The molecule has 0 aliphatic carbocycles. The highest BCUT2D eigenvalue weighted by Gasteiger charge is 2.34. The predicted molar refractivity (Wildman–Crippen MR) is 98.1 cm³/mol. The van der Waals surface area contributed by atoms with E-state index in [1.165, 1.54) is 12.1 Å². The second-order valence-electron chi connectivity index (χ2n) is 6.27. The lowest BCUT2D eigenvalue weighted by molar-refractivity contribution is -0.384. The highest BCUT2D eigenvalue weighted by molar-refractivity contribution is 5.85. The first-order valence-electron chi connectivity index (χ1n) is 8.67. The van der Waals surface area contributed by atoms with Crippen LogP contribution in [0.25, 0.3) is 11.0 Å². The van der Waals surface area contributed by atoms with Gasteiger partial charge in [-0.1, -0.05) is 24.3 Å². The first kappa shape index (κ1) is 17.2. The fourth-order valence-corrected chi connectivity index (χ4v) is 3.47. The lowest BCUT2D eigenvalue weighted by Crippen LogP contribution is -2.32. The van der Waals surface area contributed by atoms with E-state index in [0.29, 0.717) is 35.3 Å². The molecule has 0 bridgehead atoms. The number of nitro groups is 1. The van der Waals surface area contributed by atoms with Gasteiger partial charge >= 0.3 is 5.63 Å². The molecule has 0 radical (unpaired) electrons. The van der Waals surface area contributed by atoms with Crippen molar-refractivity contribution in [3.8, 4) is 5.75 Å². The van der Waals surface area contributed by atoms with Gasteiger partial charge in [0.15, 0.2) is 0 Å². The van der Waals surface area contributed by atoms with Crippen molar-refractivity contribution in [2.24, 2.45) is 0 Å². The van der Waals surface area contributed by atoms with Gasteiger partial charge in [0.05, 0.1) is 15.9 Å². The van der Waals surface area contributed by atoms with E-state index in [4.69, 9.17) is 13.9 Å². The van der Waals surface area contributed by atoms with Crippen LogP contribution in [0.3, 0.4) is 0 Å². The Kier molecular flexibility index (Phi) is 4.37. The smallest absolute Gasteiger partial charge is 0.343 e. The molecule has 2 aromatic carbocycles. The summed E-state index contributed by atoms with van der Waals surface area (Å²) >= 11 is 0. The van der Waals surface area contributed by atoms with Gasteiger partial charge in [0.25, 0.3) is 5.69 Å². The molecule has 0 saturated carbocycles. The molecular weight excluding hydrogens is 350 g/mol. The molecule has 0 fully saturated rings. The summed E-state index contributed by atoms with van der Waals surface area (Å²) in [5, 5.41) is 11.6. The third-order valence-electron chi connectivity index (χ3n) is 4.68. The number of rotatable bonds is 4. The largest absolute Gasteiger partial charge is 0.464 e. The molecule has 1 aromatic heterocycles. The Hall–Kier alpha value is -3.19. The van der Waals surface area contributed by atoms with Gasteiger partial charge in [-0.05, 0) is 24.6 Å². The van der Waals surface area contributed by atoms with Crippen LogP contribution in [0.1, 0.15) is 30.4 Å². The molecule has 0 N–H and O–H groups in total. The second kappa shape index (κ2) is 6.85. The molecule has 3 aromatic rings. The summed E-state index contributed by atoms with van der Waals surface area (Å²) in [5.41, 5.74) is 1.16. The number of hydrogen-bond donors (Lipinski definition) is 0. The van der Waals surface area contributed by atoms with Crippen LogP contribution < -0.4 is 10.4 Å². The molecule has 1 aliphatic heterocycles. The van der Waals surface area contributed by atoms with E-state index in [0.717, 1.165) is 5.56 Å². The third-order valence-corrected chi connectivity index (χ3v) is 4.68. The Labute approximate surface area is 154 Å². The molecule has 0 saturated heterocycles. The van der Waals surface area contributed by atoms with Crippen molar-refractivity contribution >= 4 is 16.7 Å². The summed E-state index contributed by atoms with van der Waals surface area (Å²) in [6.07, 6.45) is -0.102. The van der Waals surface area contributed by atoms with Crippen LogP contribution in [0, 0.1) is 10.1 Å². The zero-order chi connectivity index (χ0) is 19.0. The van der Waals surface area contributed by atoms with Crippen molar-refractivity contribution in [3.63, 3.8) is 0 Å². The van der Waals surface area contributed by atoms with Crippen LogP contribution in [0.5, 0.6) is 5.75 Å². The normalized spacial score (nSPS) is 18.7. The summed E-state index contributed by atoms with van der Waals surface area (Å²) in [4.78, 5) is 23.2. The first-order chi connectivity index (χ1) is 13.1. The lowest BCUT2D eigenvalue weighted by Gasteiger charge is -2.31. The third kappa shape index (κ3) is 3.06. The Morgan fingerprint density at radius 1 is 1.19 bits per heavy atom. The average molecular weight is 367 g/mol. The van der Waals surface area contributed by atoms with E-state index in [1.807, 2.05) is 19.1 Å². The molecule has 2 heterocycles. The highest BCUT2D eigenvalue weighted by atomic mass is 16.7. The van der Waals surface area contributed by atoms with E-state index >= 15 is 0 Å². The molecule has 27 heavy (non-hydrogen) atoms. The summed E-state index contributed by atoms with van der Waals surface area (Å²) in [5.74, 6) is 0.113. The number of hydrogen-bond acceptors (Lipinski definition) is 6. The maximum atomic E-state index is 12.7. The molecule has 0 spiro atoms. The first-order valence-corrected chi connectivity index (χ1v) is 8.67. The van der Waals surface area contributed by atoms with Crippen molar-refractivity contribution < 1.29 is 18.8 Å². The Morgan fingerprint density at radius 2 is 1.93 bits per heavy atom. The zero-order valence-corrected chi connectivity index (χ0v) is 14.6. The topological polar surface area (TPSA) is 91.8 Å². The Balaban J connectivity index is 1.89. The van der Waals surface area contributed by atoms with Crippen LogP contribution in [-0.2, 0) is 4.74 Å². The minimum absolute atomic E-state index is 0.00191. The van der Waals surface area contributed by atoms with Crippen molar-refractivity contribution in [3.05, 3.63) is 80.2 Å². The van der Waals surface area contributed by atoms with Crippen LogP contribution in [-0.4, -0.2) is 17.8 Å². The van der Waals surface area contributed by atoms with Crippen molar-refractivity contribution in [2.75, 3.05) is 6.61 Å². The molecule has 4 rings (SSSR count). The van der Waals surface area contributed by atoms with E-state index in [9.17, 15) is 14.9 Å². The van der Waals surface area contributed by atoms with E-state index in [-0.39, 0.29) is 11.6 Å². The van der Waals surface area contributed by atoms with Gasteiger partial charge < -0.3 is 13.9 Å². The summed E-state index contributed by atoms with van der Waals surface area (Å²) in [6, 6.07) is 13.4. The van der Waals surface area contributed by atoms with Crippen molar-refractivity contribution in [2.45, 2.75) is 25.6 Å². The maximum absolute atomic E-state index is 12.7. The quantitative estimate of drug-likeness (QED) is 0.393.